The van der Waals surface area contributed by atoms with E-state index < -0.39 is 58.4 Å². The number of phosphoric ester groups is 1. The summed E-state index contributed by atoms with van der Waals surface area (Å²) in [5.41, 5.74) is 0. The average Bonchev–Trinajstić information content (AvgIpc) is 3.25. The fourth-order valence-electron chi connectivity index (χ4n) is 6.71. The molecule has 0 amide bonds. The Balaban J connectivity index is 3.86. The number of aliphatic hydroxyl groups is 2. The second-order valence-electron chi connectivity index (χ2n) is 16.4. The quantitative estimate of drug-likeness (QED) is 0.0233. The summed E-state index contributed by atoms with van der Waals surface area (Å²) in [5.74, 6) is -1.03. The summed E-state index contributed by atoms with van der Waals surface area (Å²) in [5, 5.41) is 19.2. The molecule has 0 spiro atoms. The monoisotopic (exact) mass is 883 g/mol. The molecule has 0 saturated carbocycles. The summed E-state index contributed by atoms with van der Waals surface area (Å²) in [7, 11) is -4.64. The molecule has 0 bridgehead atoms. The molecule has 10 nitrogen and oxygen atoms in total. The van der Waals surface area contributed by atoms with Crippen LogP contribution in [0.25, 0.3) is 0 Å². The van der Waals surface area contributed by atoms with Gasteiger partial charge in [-0.2, -0.15) is 0 Å². The lowest BCUT2D eigenvalue weighted by Gasteiger charge is -2.20. The SMILES string of the molecule is CCCCC/C=C\C/C=C\CCCCCCCC(=O)OC(CO)COP(=O)(O)OCC(CO)OC(=O)CCCCCCCCCCCCC/C=C\C/C=C\CCCCCCC. The molecule has 11 heteroatoms. The van der Waals surface area contributed by atoms with Crippen LogP contribution in [0.2, 0.25) is 0 Å². The second-order valence-corrected chi connectivity index (χ2v) is 17.9. The molecule has 3 unspecified atom stereocenters. The van der Waals surface area contributed by atoms with Crippen LogP contribution in [0.1, 0.15) is 219 Å². The largest absolute Gasteiger partial charge is 0.472 e. The van der Waals surface area contributed by atoms with Crippen molar-refractivity contribution in [1.82, 2.24) is 0 Å². The van der Waals surface area contributed by atoms with Crippen LogP contribution in [0.4, 0.5) is 0 Å². The van der Waals surface area contributed by atoms with Crippen molar-refractivity contribution in [3.63, 3.8) is 0 Å². The number of ether oxygens (including phenoxy) is 2. The van der Waals surface area contributed by atoms with E-state index in [2.05, 4.69) is 62.5 Å². The number of esters is 2. The molecular weight excluding hydrogens is 792 g/mol. The van der Waals surface area contributed by atoms with Gasteiger partial charge in [0.25, 0.3) is 0 Å². The molecule has 3 atom stereocenters. The van der Waals surface area contributed by atoms with E-state index in [1.54, 1.807) is 0 Å². The first-order chi connectivity index (χ1) is 29.8. The van der Waals surface area contributed by atoms with E-state index in [0.717, 1.165) is 70.6 Å². The molecule has 0 aliphatic carbocycles. The van der Waals surface area contributed by atoms with Crippen molar-refractivity contribution in [3.05, 3.63) is 48.6 Å². The molecule has 0 radical (unpaired) electrons. The molecule has 0 heterocycles. The summed E-state index contributed by atoms with van der Waals surface area (Å²) in [6.45, 7) is 2.17. The molecule has 3 N–H and O–H groups in total. The predicted octanol–water partition coefficient (Wildman–Crippen LogP) is 13.7. The molecule has 0 fully saturated rings. The number of hydrogen-bond acceptors (Lipinski definition) is 9. The van der Waals surface area contributed by atoms with Crippen LogP contribution < -0.4 is 0 Å². The van der Waals surface area contributed by atoms with Crippen molar-refractivity contribution < 1.29 is 47.8 Å². The molecule has 0 aromatic carbocycles. The number of hydrogen-bond donors (Lipinski definition) is 3. The van der Waals surface area contributed by atoms with Gasteiger partial charge in [0.05, 0.1) is 26.4 Å². The van der Waals surface area contributed by atoms with E-state index >= 15 is 0 Å². The van der Waals surface area contributed by atoms with Crippen molar-refractivity contribution in [2.75, 3.05) is 26.4 Å². The number of aliphatic hydroxyl groups excluding tert-OH is 2. The second kappa shape index (κ2) is 45.9. The Kier molecular flexibility index (Phi) is 44.4. The van der Waals surface area contributed by atoms with Gasteiger partial charge in [0, 0.05) is 12.8 Å². The van der Waals surface area contributed by atoms with Crippen molar-refractivity contribution in [1.29, 1.82) is 0 Å². The highest BCUT2D eigenvalue weighted by atomic mass is 31.2. The van der Waals surface area contributed by atoms with E-state index in [-0.39, 0.29) is 12.8 Å². The number of rotatable bonds is 46. The molecule has 0 rings (SSSR count). The van der Waals surface area contributed by atoms with Crippen LogP contribution in [-0.4, -0.2) is 65.7 Å². The molecule has 356 valence electrons. The number of carbonyl (C=O) groups is 2. The first kappa shape index (κ1) is 58.9. The lowest BCUT2D eigenvalue weighted by atomic mass is 10.0. The average molecular weight is 883 g/mol. The summed E-state index contributed by atoms with van der Waals surface area (Å²) >= 11 is 0. The van der Waals surface area contributed by atoms with Crippen LogP contribution in [-0.2, 0) is 32.7 Å². The highest BCUT2D eigenvalue weighted by Crippen LogP contribution is 2.43. The van der Waals surface area contributed by atoms with Gasteiger partial charge in [0.2, 0.25) is 0 Å². The zero-order valence-electron chi connectivity index (χ0n) is 38.9. The number of carbonyl (C=O) groups excluding carboxylic acids is 2. The fraction of sp³-hybridized carbons (Fsp3) is 0.800. The minimum atomic E-state index is -4.64. The third kappa shape index (κ3) is 44.3. The Bertz CT molecular complexity index is 1150. The number of phosphoric acid groups is 1. The molecule has 0 aromatic heterocycles. The molecule has 0 aromatic rings. The third-order valence-corrected chi connectivity index (χ3v) is 11.5. The Labute approximate surface area is 373 Å². The van der Waals surface area contributed by atoms with Gasteiger partial charge in [0.15, 0.2) is 0 Å². The normalized spacial score (nSPS) is 14.1. The number of unbranched alkanes of at least 4 members (excludes halogenated alkanes) is 24. The Hall–Kier alpha value is -2.07. The minimum Gasteiger partial charge on any atom is -0.457 e. The Morgan fingerprint density at radius 3 is 1.05 bits per heavy atom. The van der Waals surface area contributed by atoms with Crippen LogP contribution >= 0.6 is 7.82 Å². The van der Waals surface area contributed by atoms with Crippen molar-refractivity contribution in [2.24, 2.45) is 0 Å². The minimum absolute atomic E-state index is 0.175. The first-order valence-electron chi connectivity index (χ1n) is 24.6. The molecule has 61 heavy (non-hydrogen) atoms. The topological polar surface area (TPSA) is 149 Å². The maximum Gasteiger partial charge on any atom is 0.472 e. The van der Waals surface area contributed by atoms with Gasteiger partial charge in [-0.3, -0.25) is 18.6 Å². The lowest BCUT2D eigenvalue weighted by Crippen LogP contribution is -2.28. The molecule has 0 saturated heterocycles. The van der Waals surface area contributed by atoms with Gasteiger partial charge >= 0.3 is 19.8 Å². The van der Waals surface area contributed by atoms with Gasteiger partial charge in [-0.15, -0.1) is 0 Å². The summed E-state index contributed by atoms with van der Waals surface area (Å²) in [6.07, 6.45) is 50.8. The molecule has 0 aliphatic heterocycles. The van der Waals surface area contributed by atoms with E-state index in [4.69, 9.17) is 18.5 Å². The van der Waals surface area contributed by atoms with E-state index in [1.807, 2.05) is 0 Å². The maximum atomic E-state index is 12.4. The summed E-state index contributed by atoms with van der Waals surface area (Å²) in [4.78, 5) is 34.6. The van der Waals surface area contributed by atoms with Gasteiger partial charge in [-0.25, -0.2) is 4.57 Å². The van der Waals surface area contributed by atoms with E-state index in [9.17, 15) is 29.3 Å². The lowest BCUT2D eigenvalue weighted by molar-refractivity contribution is -0.153. The smallest absolute Gasteiger partial charge is 0.457 e. The molecular formula is C50H91O10P. The predicted molar refractivity (Wildman–Crippen MR) is 251 cm³/mol. The highest BCUT2D eigenvalue weighted by Gasteiger charge is 2.27. The van der Waals surface area contributed by atoms with Gasteiger partial charge < -0.3 is 24.6 Å². The van der Waals surface area contributed by atoms with Crippen molar-refractivity contribution >= 4 is 19.8 Å². The summed E-state index contributed by atoms with van der Waals surface area (Å²) in [6, 6.07) is 0. The van der Waals surface area contributed by atoms with Crippen molar-refractivity contribution in [2.45, 2.75) is 232 Å². The highest BCUT2D eigenvalue weighted by molar-refractivity contribution is 7.47. The Morgan fingerprint density at radius 1 is 0.443 bits per heavy atom. The van der Waals surface area contributed by atoms with Crippen LogP contribution in [0.3, 0.4) is 0 Å². The van der Waals surface area contributed by atoms with Gasteiger partial charge in [0.1, 0.15) is 12.2 Å². The maximum absolute atomic E-state index is 12.4. The van der Waals surface area contributed by atoms with E-state index in [1.165, 1.54) is 109 Å². The van der Waals surface area contributed by atoms with Gasteiger partial charge in [-0.05, 0) is 77.0 Å². The van der Waals surface area contributed by atoms with Gasteiger partial charge in [-0.1, -0.05) is 178 Å². The summed E-state index contributed by atoms with van der Waals surface area (Å²) < 4.78 is 32.7. The van der Waals surface area contributed by atoms with Crippen LogP contribution in [0, 0.1) is 0 Å². The van der Waals surface area contributed by atoms with Crippen LogP contribution in [0.5, 0.6) is 0 Å². The third-order valence-electron chi connectivity index (χ3n) is 10.5. The zero-order chi connectivity index (χ0) is 44.8. The first-order valence-corrected chi connectivity index (χ1v) is 26.1. The van der Waals surface area contributed by atoms with Crippen LogP contribution in [0.15, 0.2) is 48.6 Å². The van der Waals surface area contributed by atoms with Crippen molar-refractivity contribution in [3.8, 4) is 0 Å². The fourth-order valence-corrected chi connectivity index (χ4v) is 7.49. The number of allylic oxidation sites excluding steroid dienone is 8. The zero-order valence-corrected chi connectivity index (χ0v) is 39.8. The Morgan fingerprint density at radius 2 is 0.721 bits per heavy atom. The van der Waals surface area contributed by atoms with E-state index in [0.29, 0.717) is 12.8 Å². The molecule has 0 aliphatic rings. The standard InChI is InChI=1S/C50H91O10P/c1-3-5-7-9-11-13-15-17-19-20-21-22-23-24-25-26-28-30-32-34-36-38-40-42-50(54)60-48(44-52)46-58-61(55,56)57-45-47(43-51)59-49(53)41-39-37-35-33-31-29-27-18-16-14-12-10-8-6-4-2/h12,14-15,17-18,20-21,27,47-48,51-52H,3-11,13,16,19,22-26,28-46H2,1-2H3,(H,55,56)/b14-12-,17-15-,21-20-,27-18-.